The topological polar surface area (TPSA) is 73.6 Å². The third kappa shape index (κ3) is 2.83. The zero-order chi connectivity index (χ0) is 13.2. The predicted molar refractivity (Wildman–Crippen MR) is 65.8 cm³/mol. The van der Waals surface area contributed by atoms with Crippen molar-refractivity contribution in [3.8, 4) is 6.07 Å². The number of nitrogens with zero attached hydrogens (tertiary/aromatic N) is 3. The highest BCUT2D eigenvalue weighted by Gasteiger charge is 2.35. The molecule has 2 aliphatic rings. The largest absolute Gasteiger partial charge is 0.361 e. The lowest BCUT2D eigenvalue weighted by atomic mass is 10.0. The Morgan fingerprint density at radius 1 is 1.28 bits per heavy atom. The smallest absolute Gasteiger partial charge is 0.282 e. The van der Waals surface area contributed by atoms with Gasteiger partial charge in [0.15, 0.2) is 6.10 Å². The first-order valence-electron chi connectivity index (χ1n) is 6.30. The predicted octanol–water partition coefficient (Wildman–Crippen LogP) is 0.187. The van der Waals surface area contributed by atoms with E-state index in [4.69, 9.17) is 10.00 Å². The molecule has 2 fully saturated rings. The lowest BCUT2D eigenvalue weighted by Gasteiger charge is -2.36. The molecule has 2 aliphatic heterocycles. The quantitative estimate of drug-likeness (QED) is 0.720. The minimum atomic E-state index is -3.43. The number of hydrogen-bond acceptors (Lipinski definition) is 4. The Kier molecular flexibility index (Phi) is 4.22. The van der Waals surface area contributed by atoms with Gasteiger partial charge in [-0.25, -0.2) is 0 Å². The van der Waals surface area contributed by atoms with E-state index in [9.17, 15) is 8.42 Å². The van der Waals surface area contributed by atoms with E-state index in [1.54, 1.807) is 4.31 Å². The Morgan fingerprint density at radius 2 is 2.00 bits per heavy atom. The molecule has 0 aliphatic carbocycles. The number of rotatable bonds is 2. The molecule has 2 heterocycles. The molecular weight excluding hydrogens is 254 g/mol. The zero-order valence-electron chi connectivity index (χ0n) is 10.6. The van der Waals surface area contributed by atoms with E-state index in [0.29, 0.717) is 32.2 Å². The maximum absolute atomic E-state index is 12.4. The van der Waals surface area contributed by atoms with E-state index >= 15 is 0 Å². The highest BCUT2D eigenvalue weighted by molar-refractivity contribution is 7.86. The number of nitriles is 1. The second-order valence-corrected chi connectivity index (χ2v) is 6.89. The molecule has 0 radical (unpaired) electrons. The van der Waals surface area contributed by atoms with Crippen LogP contribution >= 0.6 is 0 Å². The summed E-state index contributed by atoms with van der Waals surface area (Å²) in [5.74, 6) is 0.404. The van der Waals surface area contributed by atoms with Crippen LogP contribution in [0.5, 0.6) is 0 Å². The van der Waals surface area contributed by atoms with Crippen LogP contribution < -0.4 is 0 Å². The summed E-state index contributed by atoms with van der Waals surface area (Å²) in [4.78, 5) is 0. The van der Waals surface area contributed by atoms with Crippen LogP contribution in [0.15, 0.2) is 0 Å². The fraction of sp³-hybridized carbons (Fsp3) is 0.909. The second-order valence-electron chi connectivity index (χ2n) is 4.96. The van der Waals surface area contributed by atoms with Crippen molar-refractivity contribution < 1.29 is 13.2 Å². The molecule has 2 atom stereocenters. The van der Waals surface area contributed by atoms with Gasteiger partial charge in [-0.15, -0.1) is 0 Å². The van der Waals surface area contributed by atoms with Crippen LogP contribution in [0.2, 0.25) is 0 Å². The monoisotopic (exact) mass is 273 g/mol. The second kappa shape index (κ2) is 5.53. The first-order chi connectivity index (χ1) is 8.54. The fourth-order valence-electron chi connectivity index (χ4n) is 2.43. The van der Waals surface area contributed by atoms with E-state index in [-0.39, 0.29) is 6.54 Å². The molecule has 0 N–H and O–H groups in total. The van der Waals surface area contributed by atoms with E-state index in [2.05, 4.69) is 6.92 Å². The summed E-state index contributed by atoms with van der Waals surface area (Å²) in [6.07, 6.45) is 1.35. The highest BCUT2D eigenvalue weighted by atomic mass is 32.2. The Balaban J connectivity index is 2.08. The molecule has 18 heavy (non-hydrogen) atoms. The Labute approximate surface area is 108 Å². The van der Waals surface area contributed by atoms with Crippen LogP contribution in [0.4, 0.5) is 0 Å². The van der Waals surface area contributed by atoms with Gasteiger partial charge in [0, 0.05) is 19.6 Å². The average molecular weight is 273 g/mol. The molecule has 2 saturated heterocycles. The number of piperidine rings is 1. The summed E-state index contributed by atoms with van der Waals surface area (Å²) in [5.41, 5.74) is 0. The number of morpholine rings is 1. The first kappa shape index (κ1) is 13.7. The molecule has 7 heteroatoms. The van der Waals surface area contributed by atoms with Crippen molar-refractivity contribution in [2.24, 2.45) is 5.92 Å². The molecule has 102 valence electrons. The van der Waals surface area contributed by atoms with E-state index < -0.39 is 16.3 Å². The van der Waals surface area contributed by atoms with E-state index in [1.165, 1.54) is 4.31 Å². The molecule has 0 spiro atoms. The van der Waals surface area contributed by atoms with Crippen LogP contribution in [0.25, 0.3) is 0 Å². The number of hydrogen-bond donors (Lipinski definition) is 0. The third-order valence-corrected chi connectivity index (χ3v) is 5.41. The van der Waals surface area contributed by atoms with Gasteiger partial charge in [-0.2, -0.15) is 22.3 Å². The molecular formula is C11H19N3O3S. The van der Waals surface area contributed by atoms with E-state index in [1.807, 2.05) is 6.07 Å². The standard InChI is InChI=1S/C11H19N3O3S/c1-10-3-2-4-13(8-10)18(15,16)14-5-6-17-11(7-12)9-14/h10-11H,2-6,8-9H2,1H3. The SMILES string of the molecule is CC1CCCN(S(=O)(=O)N2CCOC(C#N)C2)C1. The average Bonchev–Trinajstić information content (AvgIpc) is 2.39. The molecule has 2 unspecified atom stereocenters. The summed E-state index contributed by atoms with van der Waals surface area (Å²) >= 11 is 0. The molecule has 0 aromatic heterocycles. The third-order valence-electron chi connectivity index (χ3n) is 3.45. The minimum Gasteiger partial charge on any atom is -0.361 e. The van der Waals surface area contributed by atoms with Crippen molar-refractivity contribution in [2.45, 2.75) is 25.9 Å². The molecule has 0 aromatic carbocycles. The molecule has 0 amide bonds. The fourth-order valence-corrected chi connectivity index (χ4v) is 4.19. The van der Waals surface area contributed by atoms with Gasteiger partial charge in [-0.1, -0.05) is 6.92 Å². The lowest BCUT2D eigenvalue weighted by Crippen LogP contribution is -2.52. The van der Waals surface area contributed by atoms with Gasteiger partial charge in [-0.05, 0) is 18.8 Å². The summed E-state index contributed by atoms with van der Waals surface area (Å²) in [5, 5.41) is 8.82. The minimum absolute atomic E-state index is 0.143. The van der Waals surface area contributed by atoms with Crippen molar-refractivity contribution in [3.05, 3.63) is 0 Å². The Hall–Kier alpha value is -0.680. The van der Waals surface area contributed by atoms with Crippen LogP contribution in [0.1, 0.15) is 19.8 Å². The van der Waals surface area contributed by atoms with E-state index in [0.717, 1.165) is 12.8 Å². The van der Waals surface area contributed by atoms with Gasteiger partial charge in [0.25, 0.3) is 10.2 Å². The van der Waals surface area contributed by atoms with Gasteiger partial charge >= 0.3 is 0 Å². The highest BCUT2D eigenvalue weighted by Crippen LogP contribution is 2.21. The van der Waals surface area contributed by atoms with Crippen LogP contribution in [-0.4, -0.2) is 55.9 Å². The van der Waals surface area contributed by atoms with Gasteiger partial charge in [0.05, 0.1) is 19.2 Å². The van der Waals surface area contributed by atoms with Crippen molar-refractivity contribution >= 4 is 10.2 Å². The van der Waals surface area contributed by atoms with Crippen molar-refractivity contribution in [2.75, 3.05) is 32.8 Å². The molecule has 0 saturated carbocycles. The zero-order valence-corrected chi connectivity index (χ0v) is 11.4. The van der Waals surface area contributed by atoms with Gasteiger partial charge < -0.3 is 4.74 Å². The lowest BCUT2D eigenvalue weighted by molar-refractivity contribution is 0.0284. The molecule has 0 bridgehead atoms. The summed E-state index contributed by atoms with van der Waals surface area (Å²) in [7, 11) is -3.43. The summed E-state index contributed by atoms with van der Waals surface area (Å²) in [6.45, 7) is 4.01. The van der Waals surface area contributed by atoms with Crippen LogP contribution in [0, 0.1) is 17.2 Å². The van der Waals surface area contributed by atoms with Crippen LogP contribution in [-0.2, 0) is 14.9 Å². The normalized spacial score (nSPS) is 32.0. The van der Waals surface area contributed by atoms with Gasteiger partial charge in [0.1, 0.15) is 0 Å². The Morgan fingerprint density at radius 3 is 2.67 bits per heavy atom. The first-order valence-corrected chi connectivity index (χ1v) is 7.70. The van der Waals surface area contributed by atoms with Crippen LogP contribution in [0.3, 0.4) is 0 Å². The molecule has 6 nitrogen and oxygen atoms in total. The molecule has 0 aromatic rings. The van der Waals surface area contributed by atoms with Gasteiger partial charge in [-0.3, -0.25) is 0 Å². The van der Waals surface area contributed by atoms with Crippen molar-refractivity contribution in [3.63, 3.8) is 0 Å². The van der Waals surface area contributed by atoms with Gasteiger partial charge in [0.2, 0.25) is 0 Å². The summed E-state index contributed by atoms with van der Waals surface area (Å²) in [6, 6.07) is 1.97. The maximum atomic E-state index is 12.4. The Bertz CT molecular complexity index is 431. The molecule has 2 rings (SSSR count). The van der Waals surface area contributed by atoms with Crippen molar-refractivity contribution in [1.29, 1.82) is 5.26 Å². The summed E-state index contributed by atoms with van der Waals surface area (Å²) < 4.78 is 33.0. The maximum Gasteiger partial charge on any atom is 0.282 e. The van der Waals surface area contributed by atoms with Crippen molar-refractivity contribution in [1.82, 2.24) is 8.61 Å². The number of ether oxygens (including phenoxy) is 1.